The number of rotatable bonds is 8. The van der Waals surface area contributed by atoms with Gasteiger partial charge in [0.1, 0.15) is 0 Å². The van der Waals surface area contributed by atoms with Crippen LogP contribution < -0.4 is 0 Å². The third-order valence-electron chi connectivity index (χ3n) is 12.6. The van der Waals surface area contributed by atoms with Crippen LogP contribution in [0.15, 0.2) is 249 Å². The van der Waals surface area contributed by atoms with Crippen LogP contribution in [-0.4, -0.2) is 14.1 Å². The fourth-order valence-electron chi connectivity index (χ4n) is 9.69. The van der Waals surface area contributed by atoms with Gasteiger partial charge in [-0.3, -0.25) is 4.98 Å². The van der Waals surface area contributed by atoms with Crippen molar-refractivity contribution in [2.24, 2.45) is 0 Å². The molecule has 0 aliphatic rings. The van der Waals surface area contributed by atoms with Gasteiger partial charge in [0.25, 0.3) is 0 Å². The minimum Gasteiger partial charge on any atom is -0.309 e. The second-order valence-electron chi connectivity index (χ2n) is 16.3. The molecule has 0 bridgehead atoms. The van der Waals surface area contributed by atoms with E-state index in [0.29, 0.717) is 0 Å². The van der Waals surface area contributed by atoms with Crippen molar-refractivity contribution in [3.05, 3.63) is 249 Å². The topological polar surface area (TPSA) is 22.8 Å². The van der Waals surface area contributed by atoms with Gasteiger partial charge in [-0.2, -0.15) is 0 Å². The zero-order valence-corrected chi connectivity index (χ0v) is 35.0. The molecule has 0 unspecified atom stereocenters. The van der Waals surface area contributed by atoms with Gasteiger partial charge in [-0.1, -0.05) is 176 Å². The number of aromatic nitrogens is 3. The van der Waals surface area contributed by atoms with Crippen molar-refractivity contribution in [1.82, 2.24) is 14.1 Å². The number of hydrogen-bond donors (Lipinski definition) is 0. The summed E-state index contributed by atoms with van der Waals surface area (Å²) in [6, 6.07) is 87.7. The molecule has 9 aromatic carbocycles. The molecule has 64 heavy (non-hydrogen) atoms. The second kappa shape index (κ2) is 15.7. The maximum absolute atomic E-state index is 5.08. The van der Waals surface area contributed by atoms with E-state index >= 15 is 0 Å². The third-order valence-corrected chi connectivity index (χ3v) is 12.6. The van der Waals surface area contributed by atoms with E-state index in [9.17, 15) is 0 Å². The Morgan fingerprint density at radius 3 is 1.16 bits per heavy atom. The lowest BCUT2D eigenvalue weighted by atomic mass is 9.86. The summed E-state index contributed by atoms with van der Waals surface area (Å²) in [7, 11) is 0. The zero-order chi connectivity index (χ0) is 42.4. The van der Waals surface area contributed by atoms with E-state index in [1.165, 1.54) is 21.9 Å². The van der Waals surface area contributed by atoms with Crippen molar-refractivity contribution in [3.63, 3.8) is 0 Å². The highest BCUT2D eigenvalue weighted by atomic mass is 15.0. The lowest BCUT2D eigenvalue weighted by Gasteiger charge is -2.22. The number of benzene rings is 9. The molecule has 0 aliphatic carbocycles. The highest BCUT2D eigenvalue weighted by Crippen LogP contribution is 2.46. The maximum atomic E-state index is 5.08. The average Bonchev–Trinajstić information content (AvgIpc) is 4.03. The molecule has 3 heteroatoms. The largest absolute Gasteiger partial charge is 0.309 e. The summed E-state index contributed by atoms with van der Waals surface area (Å²) in [5.74, 6) is 0. The van der Waals surface area contributed by atoms with E-state index in [1.54, 1.807) is 0 Å². The standard InChI is InChI=1S/C61H41N3/c1-5-18-43(19-6-1)56-34-35-57(44-20-7-2-8-21-44)63(56)49-31-33-52-53(40-49)60(48-29-28-42-17-13-14-26-47(42)39-48)51-32-30-50(41-54(51)61(52)55-27-15-16-38-62-55)64-58(45-22-9-3-10-23-45)36-37-59(64)46-24-11-4-12-25-46/h1-41H. The van der Waals surface area contributed by atoms with Crippen molar-refractivity contribution < 1.29 is 0 Å². The molecular formula is C61H41N3. The molecule has 12 rings (SSSR count). The van der Waals surface area contributed by atoms with Gasteiger partial charge in [-0.15, -0.1) is 0 Å². The molecule has 300 valence electrons. The summed E-state index contributed by atoms with van der Waals surface area (Å²) in [5.41, 5.74) is 15.8. The van der Waals surface area contributed by atoms with Gasteiger partial charge in [-0.25, -0.2) is 0 Å². The molecule has 0 atom stereocenters. The molecule has 0 radical (unpaired) electrons. The maximum Gasteiger partial charge on any atom is 0.0714 e. The number of fused-ring (bicyclic) bond motifs is 3. The quantitative estimate of drug-likeness (QED) is 0.140. The first-order valence-electron chi connectivity index (χ1n) is 21.9. The summed E-state index contributed by atoms with van der Waals surface area (Å²) >= 11 is 0. The van der Waals surface area contributed by atoms with Gasteiger partial charge in [0.05, 0.1) is 28.5 Å². The predicted octanol–water partition coefficient (Wildman–Crippen LogP) is 16.1. The third kappa shape index (κ3) is 6.42. The molecular weight excluding hydrogens is 775 g/mol. The molecule has 3 nitrogen and oxygen atoms in total. The summed E-state index contributed by atoms with van der Waals surface area (Å²) < 4.78 is 4.84. The Morgan fingerprint density at radius 2 is 0.688 bits per heavy atom. The van der Waals surface area contributed by atoms with Crippen molar-refractivity contribution in [2.45, 2.75) is 0 Å². The van der Waals surface area contributed by atoms with Gasteiger partial charge in [0, 0.05) is 23.1 Å². The lowest BCUT2D eigenvalue weighted by molar-refractivity contribution is 1.10. The van der Waals surface area contributed by atoms with Crippen LogP contribution in [0.3, 0.4) is 0 Å². The summed E-state index contributed by atoms with van der Waals surface area (Å²) in [6.07, 6.45) is 1.91. The molecule has 0 saturated heterocycles. The molecule has 3 heterocycles. The predicted molar refractivity (Wildman–Crippen MR) is 268 cm³/mol. The molecule has 3 aromatic heterocycles. The van der Waals surface area contributed by atoms with Crippen LogP contribution in [0.25, 0.3) is 111 Å². The van der Waals surface area contributed by atoms with Crippen LogP contribution in [0.1, 0.15) is 0 Å². The number of pyridine rings is 1. The normalized spacial score (nSPS) is 11.4. The molecule has 0 fully saturated rings. The number of hydrogen-bond acceptors (Lipinski definition) is 1. The second-order valence-corrected chi connectivity index (χ2v) is 16.3. The van der Waals surface area contributed by atoms with Crippen LogP contribution in [0, 0.1) is 0 Å². The van der Waals surface area contributed by atoms with Gasteiger partial charge in [0.2, 0.25) is 0 Å². The highest BCUT2D eigenvalue weighted by molar-refractivity contribution is 6.22. The monoisotopic (exact) mass is 815 g/mol. The van der Waals surface area contributed by atoms with Gasteiger partial charge in [0.15, 0.2) is 0 Å². The SMILES string of the molecule is c1ccc(-c2ccc(-c3ccccc3)n2-c2ccc3c(-c4ccccn4)c4cc(-n5c(-c6ccccc6)ccc5-c5ccccc5)ccc4c(-c4ccc5ccccc5c4)c3c2)cc1. The lowest BCUT2D eigenvalue weighted by Crippen LogP contribution is -2.02. The first-order valence-corrected chi connectivity index (χ1v) is 21.9. The van der Waals surface area contributed by atoms with Crippen molar-refractivity contribution >= 4 is 32.3 Å². The summed E-state index contributed by atoms with van der Waals surface area (Å²) in [4.78, 5) is 5.08. The van der Waals surface area contributed by atoms with Crippen molar-refractivity contribution in [2.75, 3.05) is 0 Å². The fourth-order valence-corrected chi connectivity index (χ4v) is 9.69. The van der Waals surface area contributed by atoms with Crippen molar-refractivity contribution in [1.29, 1.82) is 0 Å². The van der Waals surface area contributed by atoms with Gasteiger partial charge >= 0.3 is 0 Å². The minimum absolute atomic E-state index is 0.933. The minimum atomic E-state index is 0.933. The summed E-state index contributed by atoms with van der Waals surface area (Å²) in [6.45, 7) is 0. The fraction of sp³-hybridized carbons (Fsp3) is 0. The Bertz CT molecular complexity index is 3510. The van der Waals surface area contributed by atoms with E-state index < -0.39 is 0 Å². The van der Waals surface area contributed by atoms with E-state index in [-0.39, 0.29) is 0 Å². The molecule has 0 amide bonds. The first kappa shape index (κ1) is 37.2. The van der Waals surface area contributed by atoms with E-state index in [1.807, 2.05) is 12.3 Å². The average molecular weight is 816 g/mol. The first-order chi connectivity index (χ1) is 31.8. The van der Waals surface area contributed by atoms with E-state index in [4.69, 9.17) is 4.98 Å². The molecule has 0 N–H and O–H groups in total. The van der Waals surface area contributed by atoms with Gasteiger partial charge in [-0.05, 0) is 132 Å². The van der Waals surface area contributed by atoms with Crippen LogP contribution in [-0.2, 0) is 0 Å². The molecule has 0 saturated carbocycles. The van der Waals surface area contributed by atoms with E-state index in [0.717, 1.165) is 89.2 Å². The molecule has 12 aromatic rings. The van der Waals surface area contributed by atoms with Crippen LogP contribution in [0.4, 0.5) is 0 Å². The molecule has 0 spiro atoms. The zero-order valence-electron chi connectivity index (χ0n) is 35.0. The van der Waals surface area contributed by atoms with Crippen LogP contribution in [0.5, 0.6) is 0 Å². The smallest absolute Gasteiger partial charge is 0.0714 e. The number of nitrogens with zero attached hydrogens (tertiary/aromatic N) is 3. The van der Waals surface area contributed by atoms with Crippen LogP contribution in [0.2, 0.25) is 0 Å². The Labute approximate surface area is 372 Å². The Balaban J connectivity index is 1.19. The molecule has 0 aliphatic heterocycles. The van der Waals surface area contributed by atoms with Crippen molar-refractivity contribution in [3.8, 4) is 78.8 Å². The Hall–Kier alpha value is -8.53. The van der Waals surface area contributed by atoms with E-state index in [2.05, 4.69) is 246 Å². The Morgan fingerprint density at radius 1 is 0.266 bits per heavy atom. The van der Waals surface area contributed by atoms with Gasteiger partial charge < -0.3 is 9.13 Å². The van der Waals surface area contributed by atoms with Crippen LogP contribution >= 0.6 is 0 Å². The highest BCUT2D eigenvalue weighted by Gasteiger charge is 2.22. The Kier molecular flexibility index (Phi) is 9.16. The summed E-state index contributed by atoms with van der Waals surface area (Å²) in [5, 5.41) is 7.04.